The number of carboxylic acids is 1. The zero-order valence-corrected chi connectivity index (χ0v) is 8.23. The minimum absolute atomic E-state index is 0.0630. The summed E-state index contributed by atoms with van der Waals surface area (Å²) in [5.74, 6) is -0.940. The van der Waals surface area contributed by atoms with E-state index in [1.807, 2.05) is 0 Å². The van der Waals surface area contributed by atoms with Crippen LogP contribution in [0, 0.1) is 0 Å². The number of carbonyl (C=O) groups is 2. The Morgan fingerprint density at radius 2 is 2.19 bits per heavy atom. The first-order valence-corrected chi connectivity index (χ1v) is 4.62. The van der Waals surface area contributed by atoms with Crippen molar-refractivity contribution < 1.29 is 19.8 Å². The molecule has 0 radical (unpaired) electrons. The molecule has 0 aliphatic rings. The van der Waals surface area contributed by atoms with Crippen LogP contribution in [0.5, 0.6) is 5.75 Å². The van der Waals surface area contributed by atoms with Crippen LogP contribution < -0.4 is 0 Å². The third-order valence-electron chi connectivity index (χ3n) is 2.37. The molecule has 0 aliphatic heterocycles. The third kappa shape index (κ3) is 1.63. The number of carboxylic acid groups (broad SMARTS) is 1. The number of H-pyrrole nitrogens is 1. The minimum Gasteiger partial charge on any atom is -0.508 e. The van der Waals surface area contributed by atoms with E-state index in [0.29, 0.717) is 22.8 Å². The molecule has 16 heavy (non-hydrogen) atoms. The third-order valence-corrected chi connectivity index (χ3v) is 2.37. The number of aromatic hydroxyl groups is 1. The Morgan fingerprint density at radius 1 is 1.44 bits per heavy atom. The molecule has 0 bridgehead atoms. The van der Waals surface area contributed by atoms with E-state index in [0.717, 1.165) is 0 Å². The quantitative estimate of drug-likeness (QED) is 0.679. The zero-order chi connectivity index (χ0) is 11.7. The molecule has 3 N–H and O–H groups in total. The van der Waals surface area contributed by atoms with Crippen LogP contribution in [-0.4, -0.2) is 27.5 Å². The Kier molecular flexibility index (Phi) is 2.36. The van der Waals surface area contributed by atoms with Crippen molar-refractivity contribution in [3.8, 4) is 5.75 Å². The second-order valence-corrected chi connectivity index (χ2v) is 3.44. The lowest BCUT2D eigenvalue weighted by molar-refractivity contribution is -0.136. The highest BCUT2D eigenvalue weighted by atomic mass is 16.4. The molecular weight excluding hydrogens is 210 g/mol. The van der Waals surface area contributed by atoms with Crippen LogP contribution in [-0.2, 0) is 11.2 Å². The van der Waals surface area contributed by atoms with Gasteiger partial charge in [0.25, 0.3) is 0 Å². The SMILES string of the molecule is O=Cc1[nH]c2cc(O)ccc2c1CC(=O)O. The molecule has 1 heterocycles. The standard InChI is InChI=1S/C11H9NO4/c13-5-10-8(4-11(15)16)7-2-1-6(14)3-9(7)12-10/h1-3,5,12,14H,4H2,(H,15,16). The van der Waals surface area contributed by atoms with Crippen LogP contribution >= 0.6 is 0 Å². The average Bonchev–Trinajstić information content (AvgIpc) is 2.55. The van der Waals surface area contributed by atoms with E-state index in [4.69, 9.17) is 5.11 Å². The van der Waals surface area contributed by atoms with Crippen molar-refractivity contribution >= 4 is 23.2 Å². The van der Waals surface area contributed by atoms with Crippen molar-refractivity contribution in [1.29, 1.82) is 0 Å². The molecule has 82 valence electrons. The summed E-state index contributed by atoms with van der Waals surface area (Å²) in [5, 5.41) is 18.6. The van der Waals surface area contributed by atoms with Gasteiger partial charge in [0.15, 0.2) is 6.29 Å². The molecule has 0 aliphatic carbocycles. The van der Waals surface area contributed by atoms with E-state index in [1.165, 1.54) is 12.1 Å². The van der Waals surface area contributed by atoms with Gasteiger partial charge in [-0.2, -0.15) is 0 Å². The smallest absolute Gasteiger partial charge is 0.307 e. The maximum atomic E-state index is 10.8. The summed E-state index contributed by atoms with van der Waals surface area (Å²) < 4.78 is 0. The molecule has 0 amide bonds. The normalized spacial score (nSPS) is 10.5. The molecule has 1 aromatic heterocycles. The lowest BCUT2D eigenvalue weighted by atomic mass is 10.1. The summed E-state index contributed by atoms with van der Waals surface area (Å²) >= 11 is 0. The number of carbonyl (C=O) groups excluding carboxylic acids is 1. The lowest BCUT2D eigenvalue weighted by Gasteiger charge is -1.96. The first-order valence-electron chi connectivity index (χ1n) is 4.62. The van der Waals surface area contributed by atoms with Crippen molar-refractivity contribution in [3.05, 3.63) is 29.5 Å². The number of rotatable bonds is 3. The van der Waals surface area contributed by atoms with E-state index in [2.05, 4.69) is 4.98 Å². The fraction of sp³-hybridized carbons (Fsp3) is 0.0909. The lowest BCUT2D eigenvalue weighted by Crippen LogP contribution is -2.01. The highest BCUT2D eigenvalue weighted by molar-refractivity contribution is 5.95. The van der Waals surface area contributed by atoms with Crippen LogP contribution in [0.2, 0.25) is 0 Å². The number of hydrogen-bond donors (Lipinski definition) is 3. The van der Waals surface area contributed by atoms with E-state index < -0.39 is 5.97 Å². The van der Waals surface area contributed by atoms with Crippen molar-refractivity contribution in [2.75, 3.05) is 0 Å². The highest BCUT2D eigenvalue weighted by Gasteiger charge is 2.13. The van der Waals surface area contributed by atoms with Crippen molar-refractivity contribution in [1.82, 2.24) is 4.98 Å². The van der Waals surface area contributed by atoms with Gasteiger partial charge in [0.05, 0.1) is 12.1 Å². The first-order chi connectivity index (χ1) is 7.61. The predicted octanol–water partition coefficient (Wildman–Crippen LogP) is 1.31. The van der Waals surface area contributed by atoms with Gasteiger partial charge in [-0.3, -0.25) is 9.59 Å². The van der Waals surface area contributed by atoms with Gasteiger partial charge in [-0.25, -0.2) is 0 Å². The van der Waals surface area contributed by atoms with Crippen molar-refractivity contribution in [3.63, 3.8) is 0 Å². The number of phenols is 1. The fourth-order valence-electron chi connectivity index (χ4n) is 1.71. The maximum Gasteiger partial charge on any atom is 0.307 e. The molecular formula is C11H9NO4. The number of benzene rings is 1. The number of nitrogens with one attached hydrogen (secondary N) is 1. The minimum atomic E-state index is -1.00. The maximum absolute atomic E-state index is 10.8. The summed E-state index contributed by atoms with van der Waals surface area (Å²) in [6, 6.07) is 4.50. The average molecular weight is 219 g/mol. The fourth-order valence-corrected chi connectivity index (χ4v) is 1.71. The van der Waals surface area contributed by atoms with Crippen LogP contribution in [0.15, 0.2) is 18.2 Å². The van der Waals surface area contributed by atoms with Crippen molar-refractivity contribution in [2.45, 2.75) is 6.42 Å². The summed E-state index contributed by atoms with van der Waals surface area (Å²) in [5.41, 5.74) is 1.24. The number of aldehydes is 1. The summed E-state index contributed by atoms with van der Waals surface area (Å²) in [7, 11) is 0. The van der Waals surface area contributed by atoms with Gasteiger partial charge in [0.1, 0.15) is 5.75 Å². The number of aromatic nitrogens is 1. The molecule has 5 heteroatoms. The molecule has 2 aromatic rings. The number of phenolic OH excluding ortho intramolecular Hbond substituents is 1. The molecule has 5 nitrogen and oxygen atoms in total. The Morgan fingerprint density at radius 3 is 2.81 bits per heavy atom. The number of hydrogen-bond acceptors (Lipinski definition) is 3. The van der Waals surface area contributed by atoms with Crippen LogP contribution in [0.25, 0.3) is 10.9 Å². The number of aliphatic carboxylic acids is 1. The van der Waals surface area contributed by atoms with Gasteiger partial charge in [-0.15, -0.1) is 0 Å². The molecule has 1 aromatic carbocycles. The van der Waals surface area contributed by atoms with Gasteiger partial charge >= 0.3 is 5.97 Å². The van der Waals surface area contributed by atoms with Crippen LogP contribution in [0.4, 0.5) is 0 Å². The predicted molar refractivity (Wildman–Crippen MR) is 56.7 cm³/mol. The van der Waals surface area contributed by atoms with Gasteiger partial charge in [0.2, 0.25) is 0 Å². The van der Waals surface area contributed by atoms with Crippen LogP contribution in [0.1, 0.15) is 16.1 Å². The molecule has 0 saturated carbocycles. The van der Waals surface area contributed by atoms with Gasteiger partial charge < -0.3 is 15.2 Å². The number of aromatic amines is 1. The van der Waals surface area contributed by atoms with E-state index in [9.17, 15) is 14.7 Å². The van der Waals surface area contributed by atoms with Gasteiger partial charge in [0, 0.05) is 17.0 Å². The summed E-state index contributed by atoms with van der Waals surface area (Å²) in [6.45, 7) is 0. The molecule has 0 fully saturated rings. The molecule has 0 unspecified atom stereocenters. The topological polar surface area (TPSA) is 90.4 Å². The van der Waals surface area contributed by atoms with Crippen molar-refractivity contribution in [2.24, 2.45) is 0 Å². The highest BCUT2D eigenvalue weighted by Crippen LogP contribution is 2.25. The Balaban J connectivity index is 2.68. The summed E-state index contributed by atoms with van der Waals surface area (Å²) in [4.78, 5) is 24.2. The first kappa shape index (κ1) is 10.2. The monoisotopic (exact) mass is 219 g/mol. The second kappa shape index (κ2) is 3.69. The second-order valence-electron chi connectivity index (χ2n) is 3.44. The van der Waals surface area contributed by atoms with Gasteiger partial charge in [-0.1, -0.05) is 0 Å². The Hall–Kier alpha value is -2.30. The molecule has 0 spiro atoms. The molecule has 0 saturated heterocycles. The van der Waals surface area contributed by atoms with Gasteiger partial charge in [-0.05, 0) is 17.7 Å². The summed E-state index contributed by atoms with van der Waals surface area (Å²) in [6.07, 6.45) is 0.355. The Labute approximate surface area is 90.3 Å². The number of fused-ring (bicyclic) bond motifs is 1. The largest absolute Gasteiger partial charge is 0.508 e. The molecule has 0 atom stereocenters. The van der Waals surface area contributed by atoms with E-state index in [-0.39, 0.29) is 17.9 Å². The van der Waals surface area contributed by atoms with Crippen LogP contribution in [0.3, 0.4) is 0 Å². The Bertz CT molecular complexity index is 571. The molecule has 2 rings (SSSR count). The zero-order valence-electron chi connectivity index (χ0n) is 8.23. The van der Waals surface area contributed by atoms with E-state index >= 15 is 0 Å². The van der Waals surface area contributed by atoms with E-state index in [1.54, 1.807) is 6.07 Å².